The van der Waals surface area contributed by atoms with E-state index < -0.39 is 0 Å². The van der Waals surface area contributed by atoms with E-state index in [1.54, 1.807) is 0 Å². The van der Waals surface area contributed by atoms with Crippen LogP contribution in [0, 0.1) is 0 Å². The second kappa shape index (κ2) is 7.92. The van der Waals surface area contributed by atoms with E-state index in [2.05, 4.69) is 99.7 Å². The third kappa shape index (κ3) is 4.38. The van der Waals surface area contributed by atoms with E-state index in [0.717, 1.165) is 28.2 Å². The first-order chi connectivity index (χ1) is 14.0. The molecule has 0 aliphatic heterocycles. The van der Waals surface area contributed by atoms with Gasteiger partial charge in [0.15, 0.2) is 0 Å². The molecule has 0 radical (unpaired) electrons. The Labute approximate surface area is 173 Å². The van der Waals surface area contributed by atoms with Gasteiger partial charge >= 0.3 is 0 Å². The van der Waals surface area contributed by atoms with Crippen molar-refractivity contribution in [3.8, 4) is 16.9 Å². The SMILES string of the molecule is CC(C)(C)c1ccc(-n2nc(C=Cc3ccccc3)cc2-c2ccccc2)cc1. The molecule has 0 saturated carbocycles. The van der Waals surface area contributed by atoms with Gasteiger partial charge in [-0.05, 0) is 40.8 Å². The molecule has 4 rings (SSSR count). The van der Waals surface area contributed by atoms with Crippen molar-refractivity contribution < 1.29 is 0 Å². The molecule has 29 heavy (non-hydrogen) atoms. The molecule has 0 amide bonds. The second-order valence-corrected chi connectivity index (χ2v) is 8.27. The van der Waals surface area contributed by atoms with E-state index in [4.69, 9.17) is 5.10 Å². The zero-order valence-electron chi connectivity index (χ0n) is 17.2. The molecule has 0 atom stereocenters. The van der Waals surface area contributed by atoms with Gasteiger partial charge in [-0.2, -0.15) is 5.10 Å². The molecule has 2 heteroatoms. The zero-order chi connectivity index (χ0) is 20.3. The Morgan fingerprint density at radius 1 is 0.724 bits per heavy atom. The van der Waals surface area contributed by atoms with Gasteiger partial charge in [-0.1, -0.05) is 99.6 Å². The van der Waals surface area contributed by atoms with E-state index in [-0.39, 0.29) is 5.41 Å². The first kappa shape index (κ1) is 18.9. The molecule has 0 aliphatic carbocycles. The van der Waals surface area contributed by atoms with Crippen LogP contribution < -0.4 is 0 Å². The summed E-state index contributed by atoms with van der Waals surface area (Å²) in [5, 5.41) is 4.89. The molecule has 0 N–H and O–H groups in total. The molecule has 1 aromatic heterocycles. The second-order valence-electron chi connectivity index (χ2n) is 8.27. The molecule has 0 unspecified atom stereocenters. The average molecular weight is 379 g/mol. The number of rotatable bonds is 4. The van der Waals surface area contributed by atoms with Crippen molar-refractivity contribution in [1.29, 1.82) is 0 Å². The maximum Gasteiger partial charge on any atom is 0.0862 e. The number of hydrogen-bond acceptors (Lipinski definition) is 1. The largest absolute Gasteiger partial charge is 0.233 e. The van der Waals surface area contributed by atoms with Crippen molar-refractivity contribution in [2.24, 2.45) is 0 Å². The van der Waals surface area contributed by atoms with Crippen molar-refractivity contribution in [3.05, 3.63) is 108 Å². The predicted molar refractivity (Wildman–Crippen MR) is 123 cm³/mol. The molecule has 2 nitrogen and oxygen atoms in total. The highest BCUT2D eigenvalue weighted by Crippen LogP contribution is 2.27. The lowest BCUT2D eigenvalue weighted by molar-refractivity contribution is 0.590. The maximum absolute atomic E-state index is 4.89. The van der Waals surface area contributed by atoms with Gasteiger partial charge in [0.05, 0.1) is 17.1 Å². The van der Waals surface area contributed by atoms with Crippen LogP contribution in [0.25, 0.3) is 29.1 Å². The highest BCUT2D eigenvalue weighted by atomic mass is 15.3. The number of benzene rings is 3. The molecule has 144 valence electrons. The van der Waals surface area contributed by atoms with Gasteiger partial charge < -0.3 is 0 Å². The summed E-state index contributed by atoms with van der Waals surface area (Å²) in [5.41, 5.74) is 6.86. The minimum absolute atomic E-state index is 0.133. The molecule has 0 saturated heterocycles. The molecule has 0 fully saturated rings. The van der Waals surface area contributed by atoms with Crippen LogP contribution >= 0.6 is 0 Å². The van der Waals surface area contributed by atoms with E-state index >= 15 is 0 Å². The monoisotopic (exact) mass is 378 g/mol. The van der Waals surface area contributed by atoms with Gasteiger partial charge in [-0.25, -0.2) is 4.68 Å². The lowest BCUT2D eigenvalue weighted by atomic mass is 9.87. The van der Waals surface area contributed by atoms with Gasteiger partial charge in [-0.3, -0.25) is 0 Å². The summed E-state index contributed by atoms with van der Waals surface area (Å²) in [6.07, 6.45) is 4.17. The number of aromatic nitrogens is 2. The Hall–Kier alpha value is -3.39. The molecule has 0 aliphatic rings. The van der Waals surface area contributed by atoms with Gasteiger partial charge in [0.25, 0.3) is 0 Å². The fraction of sp³-hybridized carbons (Fsp3) is 0.148. The average Bonchev–Trinajstić information content (AvgIpc) is 3.17. The summed E-state index contributed by atoms with van der Waals surface area (Å²) in [4.78, 5) is 0. The van der Waals surface area contributed by atoms with E-state index in [1.807, 2.05) is 28.9 Å². The van der Waals surface area contributed by atoms with Gasteiger partial charge in [0.1, 0.15) is 0 Å². The smallest absolute Gasteiger partial charge is 0.0862 e. The Morgan fingerprint density at radius 3 is 1.97 bits per heavy atom. The summed E-state index contributed by atoms with van der Waals surface area (Å²) in [7, 11) is 0. The van der Waals surface area contributed by atoms with E-state index in [9.17, 15) is 0 Å². The lowest BCUT2D eigenvalue weighted by Crippen LogP contribution is -2.11. The van der Waals surface area contributed by atoms with Crippen LogP contribution in [0.15, 0.2) is 91.0 Å². The van der Waals surface area contributed by atoms with Crippen molar-refractivity contribution >= 4 is 12.2 Å². The highest BCUT2D eigenvalue weighted by molar-refractivity contribution is 5.72. The number of nitrogens with zero attached hydrogens (tertiary/aromatic N) is 2. The van der Waals surface area contributed by atoms with Crippen LogP contribution in [0.5, 0.6) is 0 Å². The standard InChI is InChI=1S/C27H26N2/c1-27(2,3)23-15-18-25(19-16-23)29-26(22-12-8-5-9-13-22)20-24(28-29)17-14-21-10-6-4-7-11-21/h4-20H,1-3H3. The summed E-state index contributed by atoms with van der Waals surface area (Å²) in [6.45, 7) is 6.70. The quantitative estimate of drug-likeness (QED) is 0.373. The van der Waals surface area contributed by atoms with Crippen molar-refractivity contribution in [2.75, 3.05) is 0 Å². The van der Waals surface area contributed by atoms with E-state index in [1.165, 1.54) is 5.56 Å². The van der Waals surface area contributed by atoms with E-state index in [0.29, 0.717) is 0 Å². The normalized spacial score (nSPS) is 11.8. The molecule has 3 aromatic carbocycles. The Kier molecular flexibility index (Phi) is 5.18. The summed E-state index contributed by atoms with van der Waals surface area (Å²) in [5.74, 6) is 0. The molecular formula is C27H26N2. The van der Waals surface area contributed by atoms with Crippen LogP contribution in [-0.4, -0.2) is 9.78 Å². The Balaban J connectivity index is 1.75. The van der Waals surface area contributed by atoms with Crippen molar-refractivity contribution in [2.45, 2.75) is 26.2 Å². The fourth-order valence-electron chi connectivity index (χ4n) is 3.34. The van der Waals surface area contributed by atoms with Crippen LogP contribution in [0.4, 0.5) is 0 Å². The molecular weight excluding hydrogens is 352 g/mol. The van der Waals surface area contributed by atoms with Gasteiger partial charge in [0, 0.05) is 5.56 Å². The maximum atomic E-state index is 4.89. The predicted octanol–water partition coefficient (Wildman–Crippen LogP) is 7.01. The lowest BCUT2D eigenvalue weighted by Gasteiger charge is -2.19. The minimum atomic E-state index is 0.133. The first-order valence-electron chi connectivity index (χ1n) is 10.0. The topological polar surface area (TPSA) is 17.8 Å². The van der Waals surface area contributed by atoms with Crippen molar-refractivity contribution in [3.63, 3.8) is 0 Å². The molecule has 0 spiro atoms. The van der Waals surface area contributed by atoms with Crippen molar-refractivity contribution in [1.82, 2.24) is 9.78 Å². The van der Waals surface area contributed by atoms with Crippen LogP contribution in [0.3, 0.4) is 0 Å². The Bertz CT molecular complexity index is 1100. The fourth-order valence-corrected chi connectivity index (χ4v) is 3.34. The van der Waals surface area contributed by atoms with Crippen LogP contribution in [0.2, 0.25) is 0 Å². The summed E-state index contributed by atoms with van der Waals surface area (Å²) < 4.78 is 2.03. The minimum Gasteiger partial charge on any atom is -0.233 e. The molecule has 1 heterocycles. The van der Waals surface area contributed by atoms with Crippen LogP contribution in [0.1, 0.15) is 37.6 Å². The van der Waals surface area contributed by atoms with Gasteiger partial charge in [-0.15, -0.1) is 0 Å². The van der Waals surface area contributed by atoms with Crippen LogP contribution in [-0.2, 0) is 5.41 Å². The highest BCUT2D eigenvalue weighted by Gasteiger charge is 2.15. The summed E-state index contributed by atoms with van der Waals surface area (Å²) >= 11 is 0. The molecule has 0 bridgehead atoms. The zero-order valence-corrected chi connectivity index (χ0v) is 17.2. The summed E-state index contributed by atoms with van der Waals surface area (Å²) in [6, 6.07) is 31.6. The third-order valence-corrected chi connectivity index (χ3v) is 5.02. The van der Waals surface area contributed by atoms with Gasteiger partial charge in [0.2, 0.25) is 0 Å². The number of hydrogen-bond donors (Lipinski definition) is 0. The third-order valence-electron chi connectivity index (χ3n) is 5.02. The Morgan fingerprint density at radius 2 is 1.34 bits per heavy atom. The first-order valence-corrected chi connectivity index (χ1v) is 10.0. The molecule has 4 aromatic rings.